The van der Waals surface area contributed by atoms with Crippen molar-refractivity contribution in [2.45, 2.75) is 25.7 Å². The Morgan fingerprint density at radius 3 is 2.59 bits per heavy atom. The van der Waals surface area contributed by atoms with Gasteiger partial charge in [-0.3, -0.25) is 4.79 Å². The molecule has 0 aromatic carbocycles. The molecule has 5 nitrogen and oxygen atoms in total. The first kappa shape index (κ1) is 12.4. The van der Waals surface area contributed by atoms with Crippen LogP contribution < -0.4 is 5.32 Å². The third kappa shape index (κ3) is 2.97. The highest BCUT2D eigenvalue weighted by Gasteiger charge is 2.32. The number of carboxylic acid groups (broad SMARTS) is 1. The van der Waals surface area contributed by atoms with Gasteiger partial charge in [0.25, 0.3) is 0 Å². The van der Waals surface area contributed by atoms with Gasteiger partial charge in [0, 0.05) is 13.1 Å². The van der Waals surface area contributed by atoms with E-state index in [0.29, 0.717) is 24.9 Å². The molecular formula is C12H20N2O3. The summed E-state index contributed by atoms with van der Waals surface area (Å²) in [4.78, 5) is 23.6. The molecular weight excluding hydrogens is 220 g/mol. The molecule has 17 heavy (non-hydrogen) atoms. The molecule has 2 saturated heterocycles. The largest absolute Gasteiger partial charge is 0.474 e. The van der Waals surface area contributed by atoms with Crippen molar-refractivity contribution in [1.29, 1.82) is 0 Å². The van der Waals surface area contributed by atoms with E-state index < -0.39 is 11.9 Å². The molecule has 0 spiro atoms. The Kier molecular flexibility index (Phi) is 3.99. The Morgan fingerprint density at radius 2 is 1.94 bits per heavy atom. The summed E-state index contributed by atoms with van der Waals surface area (Å²) < 4.78 is 0. The molecule has 0 aromatic heterocycles. The number of amides is 1. The zero-order chi connectivity index (χ0) is 12.3. The fourth-order valence-corrected chi connectivity index (χ4v) is 3.00. The second-order valence-electron chi connectivity index (χ2n) is 5.07. The number of hydrogen-bond acceptors (Lipinski definition) is 3. The Hall–Kier alpha value is -1.10. The summed E-state index contributed by atoms with van der Waals surface area (Å²) in [6.07, 6.45) is 4.44. The number of likely N-dealkylation sites (tertiary alicyclic amines) is 1. The fourth-order valence-electron chi connectivity index (χ4n) is 3.00. The van der Waals surface area contributed by atoms with Crippen molar-refractivity contribution in [2.75, 3.05) is 26.2 Å². The first-order chi connectivity index (χ1) is 8.18. The summed E-state index contributed by atoms with van der Waals surface area (Å²) in [6, 6.07) is 0. The van der Waals surface area contributed by atoms with Gasteiger partial charge < -0.3 is 15.3 Å². The van der Waals surface area contributed by atoms with Crippen molar-refractivity contribution in [1.82, 2.24) is 10.2 Å². The standard InChI is InChI=1S/C12H20N2O3/c15-11(12(16)17)14-6-2-4-10(8-14)9-3-1-5-13-7-9/h9-10,13H,1-8H2,(H,16,17)/t9-,10+/m0/s1. The van der Waals surface area contributed by atoms with Gasteiger partial charge in [-0.2, -0.15) is 0 Å². The van der Waals surface area contributed by atoms with Crippen molar-refractivity contribution in [3.8, 4) is 0 Å². The molecule has 0 bridgehead atoms. The molecule has 0 unspecified atom stereocenters. The van der Waals surface area contributed by atoms with Crippen LogP contribution in [0.3, 0.4) is 0 Å². The predicted molar refractivity (Wildman–Crippen MR) is 62.5 cm³/mol. The number of nitrogens with zero attached hydrogens (tertiary/aromatic N) is 1. The Bertz CT molecular complexity index is 300. The van der Waals surface area contributed by atoms with Crippen LogP contribution in [0.5, 0.6) is 0 Å². The first-order valence-electron chi connectivity index (χ1n) is 6.41. The van der Waals surface area contributed by atoms with Crippen LogP contribution in [0, 0.1) is 11.8 Å². The van der Waals surface area contributed by atoms with Gasteiger partial charge in [0.05, 0.1) is 0 Å². The van der Waals surface area contributed by atoms with Gasteiger partial charge in [-0.05, 0) is 50.6 Å². The fraction of sp³-hybridized carbons (Fsp3) is 0.833. The summed E-state index contributed by atoms with van der Waals surface area (Å²) in [5, 5.41) is 12.1. The minimum absolute atomic E-state index is 0.472. The third-order valence-corrected chi connectivity index (χ3v) is 3.93. The average molecular weight is 240 g/mol. The molecule has 96 valence electrons. The molecule has 0 radical (unpaired) electrons. The van der Waals surface area contributed by atoms with Crippen LogP contribution in [0.15, 0.2) is 0 Å². The van der Waals surface area contributed by atoms with Crippen LogP contribution in [-0.2, 0) is 9.59 Å². The Labute approximate surface area is 101 Å². The number of carbonyl (C=O) groups is 2. The second kappa shape index (κ2) is 5.49. The number of nitrogens with one attached hydrogen (secondary N) is 1. The average Bonchev–Trinajstić information content (AvgIpc) is 2.39. The number of aliphatic carboxylic acids is 1. The molecule has 0 saturated carbocycles. The summed E-state index contributed by atoms with van der Waals surface area (Å²) in [5.74, 6) is -0.987. The van der Waals surface area contributed by atoms with E-state index in [0.717, 1.165) is 25.9 Å². The van der Waals surface area contributed by atoms with Crippen molar-refractivity contribution >= 4 is 11.9 Å². The molecule has 2 aliphatic rings. The normalized spacial score (nSPS) is 30.0. The SMILES string of the molecule is O=C(O)C(=O)N1CCC[C@@H]([C@H]2CCCNC2)C1. The van der Waals surface area contributed by atoms with E-state index in [-0.39, 0.29) is 0 Å². The lowest BCUT2D eigenvalue weighted by atomic mass is 9.81. The van der Waals surface area contributed by atoms with E-state index in [1.807, 2.05) is 0 Å². The topological polar surface area (TPSA) is 69.6 Å². The quantitative estimate of drug-likeness (QED) is 0.647. The van der Waals surface area contributed by atoms with Crippen molar-refractivity contribution < 1.29 is 14.7 Å². The maximum Gasteiger partial charge on any atom is 0.394 e. The zero-order valence-corrected chi connectivity index (χ0v) is 10.0. The lowest BCUT2D eigenvalue weighted by Crippen LogP contribution is -2.47. The lowest BCUT2D eigenvalue weighted by Gasteiger charge is -2.38. The van der Waals surface area contributed by atoms with Crippen LogP contribution >= 0.6 is 0 Å². The molecule has 2 aliphatic heterocycles. The predicted octanol–water partition coefficient (Wildman–Crippen LogP) is 0.309. The van der Waals surface area contributed by atoms with Crippen molar-refractivity contribution in [3.05, 3.63) is 0 Å². The summed E-state index contributed by atoms with van der Waals surface area (Å²) in [7, 11) is 0. The molecule has 2 rings (SSSR count). The Morgan fingerprint density at radius 1 is 1.18 bits per heavy atom. The summed E-state index contributed by atoms with van der Waals surface area (Å²) in [5.41, 5.74) is 0. The summed E-state index contributed by atoms with van der Waals surface area (Å²) in [6.45, 7) is 3.32. The minimum Gasteiger partial charge on any atom is -0.474 e. The molecule has 5 heteroatoms. The van der Waals surface area contributed by atoms with Crippen LogP contribution in [0.25, 0.3) is 0 Å². The molecule has 2 heterocycles. The van der Waals surface area contributed by atoms with Crippen LogP contribution in [0.2, 0.25) is 0 Å². The van der Waals surface area contributed by atoms with Crippen molar-refractivity contribution in [2.24, 2.45) is 11.8 Å². The van der Waals surface area contributed by atoms with Crippen molar-refractivity contribution in [3.63, 3.8) is 0 Å². The van der Waals surface area contributed by atoms with Crippen LogP contribution in [-0.4, -0.2) is 48.1 Å². The number of carbonyl (C=O) groups excluding carboxylic acids is 1. The van der Waals surface area contributed by atoms with Gasteiger partial charge in [0.1, 0.15) is 0 Å². The molecule has 1 amide bonds. The number of carboxylic acids is 1. The van der Waals surface area contributed by atoms with Crippen LogP contribution in [0.1, 0.15) is 25.7 Å². The zero-order valence-electron chi connectivity index (χ0n) is 10.0. The van der Waals surface area contributed by atoms with Gasteiger partial charge >= 0.3 is 11.9 Å². The van der Waals surface area contributed by atoms with Gasteiger partial charge in [-0.1, -0.05) is 0 Å². The molecule has 0 aromatic rings. The van der Waals surface area contributed by atoms with Gasteiger partial charge in [-0.25, -0.2) is 4.79 Å². The van der Waals surface area contributed by atoms with E-state index >= 15 is 0 Å². The number of hydrogen-bond donors (Lipinski definition) is 2. The molecule has 2 fully saturated rings. The van der Waals surface area contributed by atoms with Gasteiger partial charge in [0.2, 0.25) is 0 Å². The third-order valence-electron chi connectivity index (χ3n) is 3.93. The second-order valence-corrected chi connectivity index (χ2v) is 5.07. The maximum absolute atomic E-state index is 11.4. The molecule has 2 atom stereocenters. The van der Waals surface area contributed by atoms with E-state index in [2.05, 4.69) is 5.32 Å². The smallest absolute Gasteiger partial charge is 0.394 e. The minimum atomic E-state index is -1.33. The molecule has 0 aliphatic carbocycles. The van der Waals surface area contributed by atoms with E-state index in [4.69, 9.17) is 5.11 Å². The van der Waals surface area contributed by atoms with Gasteiger partial charge in [-0.15, -0.1) is 0 Å². The highest BCUT2D eigenvalue weighted by molar-refractivity contribution is 6.31. The van der Waals surface area contributed by atoms with E-state index in [1.54, 1.807) is 0 Å². The Balaban J connectivity index is 1.92. The lowest BCUT2D eigenvalue weighted by molar-refractivity contribution is -0.157. The summed E-state index contributed by atoms with van der Waals surface area (Å²) >= 11 is 0. The molecule has 2 N–H and O–H groups in total. The highest BCUT2D eigenvalue weighted by Crippen LogP contribution is 2.28. The highest BCUT2D eigenvalue weighted by atomic mass is 16.4. The number of piperidine rings is 2. The van der Waals surface area contributed by atoms with Gasteiger partial charge in [0.15, 0.2) is 0 Å². The maximum atomic E-state index is 11.4. The van der Waals surface area contributed by atoms with Crippen LogP contribution in [0.4, 0.5) is 0 Å². The van der Waals surface area contributed by atoms with E-state index in [1.165, 1.54) is 17.7 Å². The first-order valence-corrected chi connectivity index (χ1v) is 6.41. The monoisotopic (exact) mass is 240 g/mol. The van der Waals surface area contributed by atoms with E-state index in [9.17, 15) is 9.59 Å². The number of rotatable bonds is 1.